The van der Waals surface area contributed by atoms with Gasteiger partial charge >= 0.3 is 0 Å². The topological polar surface area (TPSA) is 67.9 Å². The summed E-state index contributed by atoms with van der Waals surface area (Å²) in [5.41, 5.74) is 0. The first-order valence-corrected chi connectivity index (χ1v) is 8.43. The van der Waals surface area contributed by atoms with E-state index in [1.54, 1.807) is 16.4 Å². The minimum absolute atomic E-state index is 0.0306. The summed E-state index contributed by atoms with van der Waals surface area (Å²) < 4.78 is 37.6. The Hall–Kier alpha value is -1.31. The van der Waals surface area contributed by atoms with Gasteiger partial charge in [-0.2, -0.15) is 4.31 Å². The van der Waals surface area contributed by atoms with Gasteiger partial charge < -0.3 is 14.8 Å². The SMILES string of the molecule is CCCN(C1CNC1)S(=O)(=O)c1ccc(OC)c(OC)c1. The zero-order valence-electron chi connectivity index (χ0n) is 12.6. The molecule has 1 aromatic rings. The lowest BCUT2D eigenvalue weighted by molar-refractivity contribution is 0.241. The molecular formula is C14H22N2O4S. The molecule has 0 spiro atoms. The van der Waals surface area contributed by atoms with E-state index in [-0.39, 0.29) is 10.9 Å². The number of nitrogens with zero attached hydrogens (tertiary/aromatic N) is 1. The molecule has 0 radical (unpaired) electrons. The molecule has 0 saturated carbocycles. The number of hydrogen-bond donors (Lipinski definition) is 1. The molecule has 0 amide bonds. The predicted molar refractivity (Wildman–Crippen MR) is 80.4 cm³/mol. The van der Waals surface area contributed by atoms with Crippen LogP contribution in [0.3, 0.4) is 0 Å². The number of nitrogens with one attached hydrogen (secondary N) is 1. The maximum atomic E-state index is 12.8. The van der Waals surface area contributed by atoms with E-state index in [9.17, 15) is 8.42 Å². The Morgan fingerprint density at radius 2 is 1.90 bits per heavy atom. The molecule has 0 aromatic heterocycles. The van der Waals surface area contributed by atoms with Crippen LogP contribution in [-0.4, -0.2) is 52.6 Å². The third-order valence-electron chi connectivity index (χ3n) is 3.57. The summed E-state index contributed by atoms with van der Waals surface area (Å²) >= 11 is 0. The largest absolute Gasteiger partial charge is 0.493 e. The molecule has 2 rings (SSSR count). The van der Waals surface area contributed by atoms with E-state index in [1.807, 2.05) is 6.92 Å². The summed E-state index contributed by atoms with van der Waals surface area (Å²) in [6, 6.07) is 4.73. The molecule has 1 saturated heterocycles. The summed E-state index contributed by atoms with van der Waals surface area (Å²) in [5.74, 6) is 0.936. The fraction of sp³-hybridized carbons (Fsp3) is 0.571. The van der Waals surface area contributed by atoms with Crippen LogP contribution in [0.5, 0.6) is 11.5 Å². The third kappa shape index (κ3) is 3.14. The Kier molecular flexibility index (Phi) is 5.08. The predicted octanol–water partition coefficient (Wildman–Crippen LogP) is 1.08. The van der Waals surface area contributed by atoms with Crippen molar-refractivity contribution >= 4 is 10.0 Å². The highest BCUT2D eigenvalue weighted by Gasteiger charge is 2.34. The van der Waals surface area contributed by atoms with Crippen molar-refractivity contribution in [3.63, 3.8) is 0 Å². The Morgan fingerprint density at radius 3 is 2.38 bits per heavy atom. The van der Waals surface area contributed by atoms with Crippen LogP contribution in [0.25, 0.3) is 0 Å². The molecule has 1 aromatic carbocycles. The van der Waals surface area contributed by atoms with Crippen LogP contribution in [0.2, 0.25) is 0 Å². The number of hydrogen-bond acceptors (Lipinski definition) is 5. The second kappa shape index (κ2) is 6.64. The lowest BCUT2D eigenvalue weighted by Gasteiger charge is -2.37. The Morgan fingerprint density at radius 1 is 1.24 bits per heavy atom. The molecule has 118 valence electrons. The summed E-state index contributed by atoms with van der Waals surface area (Å²) in [6.45, 7) is 3.89. The minimum atomic E-state index is -3.52. The lowest BCUT2D eigenvalue weighted by atomic mass is 10.2. The summed E-state index contributed by atoms with van der Waals surface area (Å²) in [5, 5.41) is 3.11. The molecule has 21 heavy (non-hydrogen) atoms. The van der Waals surface area contributed by atoms with Crippen molar-refractivity contribution in [2.24, 2.45) is 0 Å². The van der Waals surface area contributed by atoms with Gasteiger partial charge in [0.2, 0.25) is 10.0 Å². The fourth-order valence-corrected chi connectivity index (χ4v) is 4.04. The highest BCUT2D eigenvalue weighted by Crippen LogP contribution is 2.31. The first kappa shape index (κ1) is 16.1. The summed E-state index contributed by atoms with van der Waals surface area (Å²) in [6.07, 6.45) is 0.781. The van der Waals surface area contributed by atoms with Crippen molar-refractivity contribution in [3.05, 3.63) is 18.2 Å². The van der Waals surface area contributed by atoms with Crippen LogP contribution >= 0.6 is 0 Å². The normalized spacial score (nSPS) is 15.8. The van der Waals surface area contributed by atoms with Crippen LogP contribution in [-0.2, 0) is 10.0 Å². The summed E-state index contributed by atoms with van der Waals surface area (Å²) in [7, 11) is -0.506. The molecule has 0 aliphatic carbocycles. The van der Waals surface area contributed by atoms with Crippen molar-refractivity contribution in [1.82, 2.24) is 9.62 Å². The molecule has 6 nitrogen and oxygen atoms in total. The van der Waals surface area contributed by atoms with Crippen molar-refractivity contribution in [3.8, 4) is 11.5 Å². The van der Waals surface area contributed by atoms with E-state index in [0.29, 0.717) is 31.1 Å². The average Bonchev–Trinajstić information content (AvgIpc) is 2.44. The molecule has 1 aliphatic heterocycles. The third-order valence-corrected chi connectivity index (χ3v) is 5.52. The van der Waals surface area contributed by atoms with Crippen LogP contribution in [0.15, 0.2) is 23.1 Å². The van der Waals surface area contributed by atoms with Gasteiger partial charge in [0.25, 0.3) is 0 Å². The second-order valence-electron chi connectivity index (χ2n) is 4.94. The monoisotopic (exact) mass is 314 g/mol. The smallest absolute Gasteiger partial charge is 0.243 e. The van der Waals surface area contributed by atoms with Crippen LogP contribution in [0.1, 0.15) is 13.3 Å². The van der Waals surface area contributed by atoms with Gasteiger partial charge in [-0.3, -0.25) is 0 Å². The maximum absolute atomic E-state index is 12.8. The van der Waals surface area contributed by atoms with Gasteiger partial charge in [-0.1, -0.05) is 6.92 Å². The van der Waals surface area contributed by atoms with Gasteiger partial charge in [-0.25, -0.2) is 8.42 Å². The highest BCUT2D eigenvalue weighted by atomic mass is 32.2. The molecule has 0 atom stereocenters. The molecule has 1 aliphatic rings. The Bertz CT molecular complexity index is 585. The van der Waals surface area contributed by atoms with Crippen LogP contribution in [0.4, 0.5) is 0 Å². The van der Waals surface area contributed by atoms with Crippen molar-refractivity contribution in [2.45, 2.75) is 24.3 Å². The zero-order valence-corrected chi connectivity index (χ0v) is 13.4. The van der Waals surface area contributed by atoms with Gasteiger partial charge in [0, 0.05) is 25.7 Å². The van der Waals surface area contributed by atoms with Crippen LogP contribution in [0, 0.1) is 0 Å². The zero-order chi connectivity index (χ0) is 15.5. The average molecular weight is 314 g/mol. The Labute approximate surface area is 126 Å². The number of sulfonamides is 1. The van der Waals surface area contributed by atoms with E-state index in [2.05, 4.69) is 5.32 Å². The molecule has 1 fully saturated rings. The quantitative estimate of drug-likeness (QED) is 0.815. The Balaban J connectivity index is 2.37. The first-order valence-electron chi connectivity index (χ1n) is 6.99. The molecule has 1 heterocycles. The number of methoxy groups -OCH3 is 2. The minimum Gasteiger partial charge on any atom is -0.493 e. The first-order chi connectivity index (χ1) is 10.0. The van der Waals surface area contributed by atoms with E-state index in [0.717, 1.165) is 6.42 Å². The van der Waals surface area contributed by atoms with Gasteiger partial charge in [-0.15, -0.1) is 0 Å². The van der Waals surface area contributed by atoms with E-state index < -0.39 is 10.0 Å². The van der Waals surface area contributed by atoms with E-state index >= 15 is 0 Å². The maximum Gasteiger partial charge on any atom is 0.243 e. The highest BCUT2D eigenvalue weighted by molar-refractivity contribution is 7.89. The van der Waals surface area contributed by atoms with Gasteiger partial charge in [-0.05, 0) is 18.6 Å². The van der Waals surface area contributed by atoms with Gasteiger partial charge in [0.05, 0.1) is 25.2 Å². The van der Waals surface area contributed by atoms with Gasteiger partial charge in [0.1, 0.15) is 0 Å². The molecule has 1 N–H and O–H groups in total. The van der Waals surface area contributed by atoms with E-state index in [1.165, 1.54) is 20.3 Å². The molecule has 0 unspecified atom stereocenters. The second-order valence-corrected chi connectivity index (χ2v) is 6.84. The lowest BCUT2D eigenvalue weighted by Crippen LogP contribution is -2.58. The number of ether oxygens (including phenoxy) is 2. The van der Waals surface area contributed by atoms with Crippen molar-refractivity contribution in [1.29, 1.82) is 0 Å². The summed E-state index contributed by atoms with van der Waals surface area (Å²) in [4.78, 5) is 0.237. The molecule has 7 heteroatoms. The van der Waals surface area contributed by atoms with Crippen LogP contribution < -0.4 is 14.8 Å². The van der Waals surface area contributed by atoms with Crippen molar-refractivity contribution in [2.75, 3.05) is 33.9 Å². The van der Waals surface area contributed by atoms with Crippen molar-refractivity contribution < 1.29 is 17.9 Å². The standard InChI is InChI=1S/C14H22N2O4S/c1-4-7-16(11-9-15-10-11)21(17,18)12-5-6-13(19-2)14(8-12)20-3/h5-6,8,11,15H,4,7,9-10H2,1-3H3. The van der Waals surface area contributed by atoms with E-state index in [4.69, 9.17) is 9.47 Å². The van der Waals surface area contributed by atoms with Gasteiger partial charge in [0.15, 0.2) is 11.5 Å². The molecular weight excluding hydrogens is 292 g/mol. The number of rotatable bonds is 7. The fourth-order valence-electron chi connectivity index (χ4n) is 2.31. The molecule has 0 bridgehead atoms. The number of benzene rings is 1.